The first-order valence-corrected chi connectivity index (χ1v) is 7.61. The van der Waals surface area contributed by atoms with E-state index < -0.39 is 0 Å². The van der Waals surface area contributed by atoms with Gasteiger partial charge >= 0.3 is 0 Å². The van der Waals surface area contributed by atoms with Crippen molar-refractivity contribution in [2.24, 2.45) is 0 Å². The molecule has 0 aliphatic carbocycles. The summed E-state index contributed by atoms with van der Waals surface area (Å²) in [5, 5.41) is 12.3. The van der Waals surface area contributed by atoms with E-state index in [1.54, 1.807) is 17.5 Å². The molecule has 3 heterocycles. The molecule has 1 N–H and O–H groups in total. The van der Waals surface area contributed by atoms with Crippen LogP contribution in [0.25, 0.3) is 0 Å². The van der Waals surface area contributed by atoms with Gasteiger partial charge in [-0.1, -0.05) is 0 Å². The molecule has 1 fully saturated rings. The Morgan fingerprint density at radius 3 is 2.55 bits per heavy atom. The van der Waals surface area contributed by atoms with Gasteiger partial charge in [0.1, 0.15) is 5.82 Å². The minimum atomic E-state index is 0.0476. The normalized spacial score (nSPS) is 15.7. The smallest absolute Gasteiger partial charge is 0.185 e. The third kappa shape index (κ3) is 2.62. The fourth-order valence-electron chi connectivity index (χ4n) is 2.52. The van der Waals surface area contributed by atoms with Gasteiger partial charge in [0.15, 0.2) is 5.13 Å². The molecule has 0 unspecified atom stereocenters. The molecule has 5 nitrogen and oxygen atoms in total. The van der Waals surface area contributed by atoms with E-state index >= 15 is 0 Å². The van der Waals surface area contributed by atoms with Crippen molar-refractivity contribution in [2.45, 2.75) is 13.5 Å². The maximum atomic E-state index is 9.14. The summed E-state index contributed by atoms with van der Waals surface area (Å²) < 4.78 is 0. The summed E-state index contributed by atoms with van der Waals surface area (Å²) in [7, 11) is 0. The second-order valence-electron chi connectivity index (χ2n) is 4.93. The average molecular weight is 290 g/mol. The molecule has 0 radical (unpaired) electrons. The van der Waals surface area contributed by atoms with Gasteiger partial charge in [0.25, 0.3) is 0 Å². The van der Waals surface area contributed by atoms with Crippen molar-refractivity contribution in [1.29, 1.82) is 0 Å². The number of rotatable bonds is 3. The summed E-state index contributed by atoms with van der Waals surface area (Å²) in [6, 6.07) is 2.01. The lowest BCUT2D eigenvalue weighted by atomic mass is 10.2. The Morgan fingerprint density at radius 2 is 1.95 bits per heavy atom. The van der Waals surface area contributed by atoms with Crippen molar-refractivity contribution in [3.8, 4) is 0 Å². The van der Waals surface area contributed by atoms with Crippen molar-refractivity contribution in [1.82, 2.24) is 9.97 Å². The van der Waals surface area contributed by atoms with Crippen LogP contribution in [0.1, 0.15) is 11.1 Å². The Morgan fingerprint density at radius 1 is 1.20 bits per heavy atom. The Balaban J connectivity index is 1.69. The summed E-state index contributed by atoms with van der Waals surface area (Å²) in [5.41, 5.74) is 1.99. The summed E-state index contributed by atoms with van der Waals surface area (Å²) in [5.74, 6) is 1.03. The van der Waals surface area contributed by atoms with Gasteiger partial charge in [0.05, 0.1) is 6.61 Å². The molecule has 20 heavy (non-hydrogen) atoms. The fraction of sp³-hybridized carbons (Fsp3) is 0.429. The van der Waals surface area contributed by atoms with E-state index in [1.165, 1.54) is 0 Å². The number of pyridine rings is 1. The van der Waals surface area contributed by atoms with Crippen LogP contribution in [0.4, 0.5) is 10.9 Å². The summed E-state index contributed by atoms with van der Waals surface area (Å²) >= 11 is 1.69. The Hall–Kier alpha value is -1.66. The van der Waals surface area contributed by atoms with E-state index in [0.29, 0.717) is 0 Å². The number of nitrogens with zero attached hydrogens (tertiary/aromatic N) is 4. The highest BCUT2D eigenvalue weighted by molar-refractivity contribution is 7.13. The third-order valence-electron chi connectivity index (χ3n) is 3.56. The van der Waals surface area contributed by atoms with Gasteiger partial charge in [0, 0.05) is 44.0 Å². The zero-order valence-corrected chi connectivity index (χ0v) is 12.3. The molecule has 0 saturated carbocycles. The molecule has 0 atom stereocenters. The lowest BCUT2D eigenvalue weighted by Crippen LogP contribution is -2.47. The SMILES string of the molecule is Cc1cc(CO)cnc1N1CCN(c2nccs2)CC1. The number of aliphatic hydroxyl groups is 1. The average Bonchev–Trinajstić information content (AvgIpc) is 3.01. The van der Waals surface area contributed by atoms with Gasteiger partial charge in [-0.3, -0.25) is 0 Å². The first-order chi connectivity index (χ1) is 9.78. The minimum Gasteiger partial charge on any atom is -0.392 e. The largest absolute Gasteiger partial charge is 0.392 e. The van der Waals surface area contributed by atoms with E-state index in [2.05, 4.69) is 26.7 Å². The molecule has 0 bridgehead atoms. The highest BCUT2D eigenvalue weighted by atomic mass is 32.1. The number of hydrogen-bond donors (Lipinski definition) is 1. The first-order valence-electron chi connectivity index (χ1n) is 6.73. The van der Waals surface area contributed by atoms with Gasteiger partial charge in [0.2, 0.25) is 0 Å². The summed E-state index contributed by atoms with van der Waals surface area (Å²) in [6.07, 6.45) is 3.61. The molecular weight excluding hydrogens is 272 g/mol. The lowest BCUT2D eigenvalue weighted by molar-refractivity contribution is 0.281. The zero-order chi connectivity index (χ0) is 13.9. The Bertz CT molecular complexity index is 565. The fourth-order valence-corrected chi connectivity index (χ4v) is 3.22. The van der Waals surface area contributed by atoms with Crippen LogP contribution in [0.3, 0.4) is 0 Å². The highest BCUT2D eigenvalue weighted by Crippen LogP contribution is 2.23. The Kier molecular flexibility index (Phi) is 3.84. The van der Waals surface area contributed by atoms with Gasteiger partial charge in [-0.05, 0) is 24.1 Å². The van der Waals surface area contributed by atoms with Crippen molar-refractivity contribution in [3.63, 3.8) is 0 Å². The maximum absolute atomic E-state index is 9.14. The van der Waals surface area contributed by atoms with Crippen LogP contribution in [0, 0.1) is 6.92 Å². The topological polar surface area (TPSA) is 52.5 Å². The number of anilines is 2. The molecule has 0 spiro atoms. The predicted octanol–water partition coefficient (Wildman–Crippen LogP) is 1.67. The van der Waals surface area contributed by atoms with Gasteiger partial charge in [-0.2, -0.15) is 0 Å². The first kappa shape index (κ1) is 13.3. The second-order valence-corrected chi connectivity index (χ2v) is 5.80. The van der Waals surface area contributed by atoms with E-state index in [9.17, 15) is 0 Å². The van der Waals surface area contributed by atoms with E-state index in [1.807, 2.05) is 17.6 Å². The number of aromatic nitrogens is 2. The monoisotopic (exact) mass is 290 g/mol. The molecule has 1 aliphatic rings. The van der Waals surface area contributed by atoms with Crippen molar-refractivity contribution in [2.75, 3.05) is 36.0 Å². The van der Waals surface area contributed by atoms with Gasteiger partial charge < -0.3 is 14.9 Å². The standard InChI is InChI=1S/C14H18N4OS/c1-11-8-12(10-19)9-16-13(11)17-3-5-18(6-4-17)14-15-2-7-20-14/h2,7-9,19H,3-6,10H2,1H3. The van der Waals surface area contributed by atoms with Crippen LogP contribution in [-0.4, -0.2) is 41.3 Å². The number of hydrogen-bond acceptors (Lipinski definition) is 6. The molecule has 3 rings (SSSR count). The van der Waals surface area contributed by atoms with Crippen molar-refractivity contribution in [3.05, 3.63) is 35.0 Å². The summed E-state index contributed by atoms with van der Waals surface area (Å²) in [4.78, 5) is 13.5. The quantitative estimate of drug-likeness (QED) is 0.932. The highest BCUT2D eigenvalue weighted by Gasteiger charge is 2.20. The molecule has 1 saturated heterocycles. The number of aliphatic hydroxyl groups excluding tert-OH is 1. The van der Waals surface area contributed by atoms with Crippen molar-refractivity contribution < 1.29 is 5.11 Å². The van der Waals surface area contributed by atoms with Crippen LogP contribution < -0.4 is 9.80 Å². The van der Waals surface area contributed by atoms with Crippen LogP contribution in [0.2, 0.25) is 0 Å². The molecular formula is C14H18N4OS. The van der Waals surface area contributed by atoms with E-state index in [0.717, 1.165) is 48.3 Å². The lowest BCUT2D eigenvalue weighted by Gasteiger charge is -2.35. The second kappa shape index (κ2) is 5.76. The van der Waals surface area contributed by atoms with E-state index in [-0.39, 0.29) is 6.61 Å². The zero-order valence-electron chi connectivity index (χ0n) is 11.5. The van der Waals surface area contributed by atoms with Crippen LogP contribution in [-0.2, 0) is 6.61 Å². The molecule has 106 valence electrons. The maximum Gasteiger partial charge on any atom is 0.185 e. The third-order valence-corrected chi connectivity index (χ3v) is 4.39. The molecule has 0 amide bonds. The molecule has 2 aromatic heterocycles. The molecule has 0 aromatic carbocycles. The molecule has 6 heteroatoms. The van der Waals surface area contributed by atoms with Gasteiger partial charge in [-0.15, -0.1) is 11.3 Å². The van der Waals surface area contributed by atoms with Gasteiger partial charge in [-0.25, -0.2) is 9.97 Å². The summed E-state index contributed by atoms with van der Waals surface area (Å²) in [6.45, 7) is 5.94. The van der Waals surface area contributed by atoms with Crippen LogP contribution in [0.15, 0.2) is 23.8 Å². The number of aryl methyl sites for hydroxylation is 1. The Labute approximate surface area is 122 Å². The minimum absolute atomic E-state index is 0.0476. The molecule has 1 aliphatic heterocycles. The number of piperazine rings is 1. The van der Waals surface area contributed by atoms with Crippen LogP contribution in [0.5, 0.6) is 0 Å². The number of thiazole rings is 1. The van der Waals surface area contributed by atoms with Crippen LogP contribution >= 0.6 is 11.3 Å². The molecule has 2 aromatic rings. The van der Waals surface area contributed by atoms with E-state index in [4.69, 9.17) is 5.11 Å². The predicted molar refractivity (Wildman–Crippen MR) is 81.4 cm³/mol. The van der Waals surface area contributed by atoms with Crippen molar-refractivity contribution >= 4 is 22.3 Å².